The van der Waals surface area contributed by atoms with Crippen LogP contribution in [0, 0.1) is 32.1 Å². The van der Waals surface area contributed by atoms with Crippen molar-refractivity contribution in [3.05, 3.63) is 56.6 Å². The number of nitro benzene ring substituents is 2. The van der Waals surface area contributed by atoms with Crippen molar-refractivity contribution in [1.82, 2.24) is 0 Å². The third-order valence-electron chi connectivity index (χ3n) is 6.93. The highest BCUT2D eigenvalue weighted by molar-refractivity contribution is 7.99. The summed E-state index contributed by atoms with van der Waals surface area (Å²) >= 11 is 0. The van der Waals surface area contributed by atoms with Gasteiger partial charge in [0.2, 0.25) is 0 Å². The molecule has 4 rings (SSSR count). The molecular weight excluding hydrogens is 584 g/mol. The molecule has 2 aromatic carbocycles. The van der Waals surface area contributed by atoms with Gasteiger partial charge in [0.1, 0.15) is 21.2 Å². The molecule has 0 spiro atoms. The van der Waals surface area contributed by atoms with Crippen LogP contribution in [0.1, 0.15) is 25.7 Å². The topological polar surface area (TPSA) is 206 Å². The lowest BCUT2D eigenvalue weighted by Crippen LogP contribution is -2.23. The monoisotopic (exact) mass is 614 g/mol. The van der Waals surface area contributed by atoms with E-state index in [0.29, 0.717) is 51.6 Å². The molecule has 2 N–H and O–H groups in total. The van der Waals surface area contributed by atoms with Gasteiger partial charge in [-0.15, -0.1) is 3.63 Å². The van der Waals surface area contributed by atoms with E-state index in [-0.39, 0.29) is 23.2 Å². The third-order valence-corrected chi connectivity index (χ3v) is 10.0. The van der Waals surface area contributed by atoms with E-state index in [4.69, 9.17) is 9.47 Å². The van der Waals surface area contributed by atoms with E-state index in [0.717, 1.165) is 49.9 Å². The Labute approximate surface area is 236 Å². The molecule has 2 aliphatic heterocycles. The van der Waals surface area contributed by atoms with Gasteiger partial charge in [0.25, 0.3) is 11.4 Å². The predicted octanol–water partition coefficient (Wildman–Crippen LogP) is 3.27. The molecule has 2 aliphatic rings. The molecule has 224 valence electrons. The van der Waals surface area contributed by atoms with E-state index in [2.05, 4.69) is 14.3 Å². The molecule has 0 saturated carbocycles. The van der Waals surface area contributed by atoms with E-state index in [1.165, 1.54) is 0 Å². The highest BCUT2D eigenvalue weighted by atomic mass is 32.3. The molecule has 2 fully saturated rings. The molecule has 41 heavy (non-hydrogen) atoms. The summed E-state index contributed by atoms with van der Waals surface area (Å²) in [5, 5.41) is 29.2. The van der Waals surface area contributed by atoms with Crippen molar-refractivity contribution < 1.29 is 39.8 Å². The quantitative estimate of drug-likeness (QED) is 0.260. The van der Waals surface area contributed by atoms with E-state index in [1.54, 1.807) is 0 Å². The number of benzene rings is 2. The Morgan fingerprint density at radius 2 is 1.07 bits per heavy atom. The van der Waals surface area contributed by atoms with Crippen molar-refractivity contribution in [3.63, 3.8) is 0 Å². The van der Waals surface area contributed by atoms with Crippen molar-refractivity contribution in [3.8, 4) is 0 Å². The van der Waals surface area contributed by atoms with Crippen LogP contribution >= 0.6 is 0 Å². The molecule has 0 aromatic heterocycles. The van der Waals surface area contributed by atoms with Gasteiger partial charge in [-0.3, -0.25) is 20.2 Å². The minimum Gasteiger partial charge on any atom is -0.381 e. The first-order chi connectivity index (χ1) is 19.5. The molecule has 0 atom stereocenters. The molecule has 0 radical (unpaired) electrons. The summed E-state index contributed by atoms with van der Waals surface area (Å²) in [5.41, 5.74) is -1.06. The van der Waals surface area contributed by atoms with Crippen LogP contribution in [0.4, 0.5) is 22.7 Å². The first-order valence-corrected chi connectivity index (χ1v) is 15.7. The molecule has 2 aromatic rings. The summed E-state index contributed by atoms with van der Waals surface area (Å²) in [5.74, 6) is 0.431. The number of nitrogens with one attached hydrogen (secondary N) is 2. The minimum absolute atomic E-state index is 0.0581. The number of hydrogen-bond acceptors (Lipinski definition) is 13. The lowest BCUT2D eigenvalue weighted by atomic mass is 10.0. The van der Waals surface area contributed by atoms with Gasteiger partial charge >= 0.3 is 20.2 Å². The second kappa shape index (κ2) is 13.1. The van der Waals surface area contributed by atoms with Gasteiger partial charge in [0.05, 0.1) is 9.85 Å². The van der Waals surface area contributed by atoms with E-state index in [9.17, 15) is 37.1 Å². The number of anilines is 2. The van der Waals surface area contributed by atoms with Crippen molar-refractivity contribution in [2.45, 2.75) is 35.5 Å². The number of nitro groups is 2. The minimum atomic E-state index is -5.08. The number of rotatable bonds is 12. The molecule has 17 heteroatoms. The van der Waals surface area contributed by atoms with Crippen LogP contribution < -0.4 is 10.6 Å². The lowest BCUT2D eigenvalue weighted by Gasteiger charge is -2.22. The van der Waals surface area contributed by atoms with Crippen molar-refractivity contribution >= 4 is 43.0 Å². The standard InChI is InChI=1S/C24H30N4O11S2/c29-27(30)23-13-19(1-3-21(23)25-15-17-5-9-37-10-6-17)40(33,34)39-41(35,36)20-2-4-22(24(14-20)28(31)32)26-16-18-7-11-38-12-8-18/h1-4,13-14,17-18,25-26H,5-12,15-16H2. The SMILES string of the molecule is O=[N+]([O-])c1cc(S(=O)(=O)OS(=O)(=O)c2ccc(NCC3CCOCC3)c([N+](=O)[O-])c2)ccc1NCC1CCOCC1. The van der Waals surface area contributed by atoms with Crippen LogP contribution in [0.15, 0.2) is 46.2 Å². The second-order valence-electron chi connectivity index (χ2n) is 9.72. The van der Waals surface area contributed by atoms with Crippen LogP contribution in [0.2, 0.25) is 0 Å². The fourth-order valence-electron chi connectivity index (χ4n) is 4.54. The summed E-state index contributed by atoms with van der Waals surface area (Å²) in [4.78, 5) is 20.2. The van der Waals surface area contributed by atoms with Gasteiger partial charge in [-0.2, -0.15) is 16.8 Å². The zero-order chi connectivity index (χ0) is 29.6. The molecule has 0 unspecified atom stereocenters. The molecule has 0 bridgehead atoms. The maximum Gasteiger partial charge on any atom is 0.311 e. The van der Waals surface area contributed by atoms with Crippen LogP contribution in [0.25, 0.3) is 0 Å². The van der Waals surface area contributed by atoms with Gasteiger partial charge in [-0.1, -0.05) is 0 Å². The average molecular weight is 615 g/mol. The summed E-state index contributed by atoms with van der Waals surface area (Å²) in [6.07, 6.45) is 3.07. The van der Waals surface area contributed by atoms with Gasteiger partial charge < -0.3 is 20.1 Å². The molecular formula is C24H30N4O11S2. The van der Waals surface area contributed by atoms with Crippen molar-refractivity contribution in [2.24, 2.45) is 11.8 Å². The lowest BCUT2D eigenvalue weighted by molar-refractivity contribution is -0.384. The highest BCUT2D eigenvalue weighted by Gasteiger charge is 2.31. The molecule has 0 amide bonds. The molecule has 2 heterocycles. The van der Waals surface area contributed by atoms with Gasteiger partial charge in [0.15, 0.2) is 0 Å². The van der Waals surface area contributed by atoms with Gasteiger partial charge in [-0.05, 0) is 61.8 Å². The first-order valence-electron chi connectivity index (χ1n) is 12.9. The Morgan fingerprint density at radius 3 is 1.41 bits per heavy atom. The fraction of sp³-hybridized carbons (Fsp3) is 0.500. The summed E-state index contributed by atoms with van der Waals surface area (Å²) in [6, 6.07) is 5.67. The maximum atomic E-state index is 12.9. The summed E-state index contributed by atoms with van der Waals surface area (Å²) < 4.78 is 66.5. The predicted molar refractivity (Wildman–Crippen MR) is 146 cm³/mol. The fourth-order valence-corrected chi connectivity index (χ4v) is 7.09. The second-order valence-corrected chi connectivity index (χ2v) is 13.0. The number of ether oxygens (including phenoxy) is 2. The largest absolute Gasteiger partial charge is 0.381 e. The smallest absolute Gasteiger partial charge is 0.311 e. The molecule has 0 aliphatic carbocycles. The van der Waals surface area contributed by atoms with Crippen LogP contribution in [0.3, 0.4) is 0 Å². The average Bonchev–Trinajstić information content (AvgIpc) is 2.95. The summed E-state index contributed by atoms with van der Waals surface area (Å²) in [6.45, 7) is 3.12. The van der Waals surface area contributed by atoms with Crippen LogP contribution in [-0.4, -0.2) is 66.2 Å². The highest BCUT2D eigenvalue weighted by Crippen LogP contribution is 2.33. The number of hydrogen-bond donors (Lipinski definition) is 2. The summed E-state index contributed by atoms with van der Waals surface area (Å²) in [7, 11) is -10.2. The van der Waals surface area contributed by atoms with E-state index >= 15 is 0 Å². The molecule has 15 nitrogen and oxygen atoms in total. The Bertz CT molecular complexity index is 1380. The Balaban J connectivity index is 1.51. The van der Waals surface area contributed by atoms with Gasteiger partial charge in [-0.25, -0.2) is 0 Å². The maximum absolute atomic E-state index is 12.9. The van der Waals surface area contributed by atoms with E-state index < -0.39 is 51.2 Å². The normalized spacial score (nSPS) is 17.2. The Morgan fingerprint density at radius 1 is 0.707 bits per heavy atom. The van der Waals surface area contributed by atoms with Gasteiger partial charge in [0, 0.05) is 51.6 Å². The Kier molecular flexibility index (Phi) is 9.75. The number of nitrogens with zero attached hydrogens (tertiary/aromatic N) is 2. The first kappa shape index (κ1) is 30.6. The zero-order valence-electron chi connectivity index (χ0n) is 21.9. The van der Waals surface area contributed by atoms with E-state index in [1.807, 2.05) is 0 Å². The zero-order valence-corrected chi connectivity index (χ0v) is 23.5. The van der Waals surface area contributed by atoms with Crippen LogP contribution in [0.5, 0.6) is 0 Å². The molecule has 2 saturated heterocycles. The van der Waals surface area contributed by atoms with Crippen molar-refractivity contribution in [2.75, 3.05) is 50.2 Å². The van der Waals surface area contributed by atoms with Crippen LogP contribution in [-0.2, 0) is 33.3 Å². The van der Waals surface area contributed by atoms with Crippen molar-refractivity contribution in [1.29, 1.82) is 0 Å². The third kappa shape index (κ3) is 7.88. The Hall–Kier alpha value is -3.38.